The van der Waals surface area contributed by atoms with Crippen LogP contribution in [0.2, 0.25) is 0 Å². The van der Waals surface area contributed by atoms with E-state index in [-0.39, 0.29) is 54.2 Å². The number of esters is 1. The van der Waals surface area contributed by atoms with Crippen molar-refractivity contribution >= 4 is 5.97 Å². The van der Waals surface area contributed by atoms with Crippen molar-refractivity contribution in [3.8, 4) is 0 Å². The highest BCUT2D eigenvalue weighted by atomic mass is 16.6. The van der Waals surface area contributed by atoms with Crippen LogP contribution in [-0.2, 0) is 23.7 Å². The lowest BCUT2D eigenvalue weighted by molar-refractivity contribution is -0.153. The minimum Gasteiger partial charge on any atom is -0.469 e. The molecule has 33 heavy (non-hydrogen) atoms. The van der Waals surface area contributed by atoms with E-state index in [1.165, 1.54) is 7.11 Å². The number of epoxide rings is 1. The number of rotatable bonds is 11. The van der Waals surface area contributed by atoms with E-state index in [0.717, 1.165) is 12.0 Å². The average Bonchev–Trinajstić information content (AvgIpc) is 3.40. The molecular formula is C26H44O7. The van der Waals surface area contributed by atoms with Gasteiger partial charge in [0.2, 0.25) is 0 Å². The van der Waals surface area contributed by atoms with Gasteiger partial charge in [0.1, 0.15) is 0 Å². The predicted octanol–water partition coefficient (Wildman–Crippen LogP) is 3.42. The summed E-state index contributed by atoms with van der Waals surface area (Å²) in [5.41, 5.74) is 0.791. The Balaban J connectivity index is 1.93. The summed E-state index contributed by atoms with van der Waals surface area (Å²) in [5.74, 6) is 0.0212. The molecule has 2 aliphatic rings. The third-order valence-corrected chi connectivity index (χ3v) is 7.21. The second kappa shape index (κ2) is 11.9. The molecule has 0 amide bonds. The van der Waals surface area contributed by atoms with Crippen molar-refractivity contribution in [3.05, 3.63) is 23.8 Å². The quantitative estimate of drug-likeness (QED) is 0.272. The second-order valence-corrected chi connectivity index (χ2v) is 10.2. The summed E-state index contributed by atoms with van der Waals surface area (Å²) in [6.07, 6.45) is 5.82. The Morgan fingerprint density at radius 3 is 2.52 bits per heavy atom. The van der Waals surface area contributed by atoms with E-state index < -0.39 is 12.2 Å². The molecule has 2 rings (SSSR count). The Kier molecular flexibility index (Phi) is 10.1. The maximum atomic E-state index is 11.6. The first-order chi connectivity index (χ1) is 15.4. The first-order valence-electron chi connectivity index (χ1n) is 12.1. The molecule has 2 aliphatic heterocycles. The molecule has 0 bridgehead atoms. The molecule has 10 atom stereocenters. The molecule has 0 spiro atoms. The molecule has 2 heterocycles. The molecule has 2 N–H and O–H groups in total. The molecule has 0 aromatic carbocycles. The number of hydrogen-bond donors (Lipinski definition) is 2. The summed E-state index contributed by atoms with van der Waals surface area (Å²) in [7, 11) is 2.99. The Hall–Kier alpha value is -1.25. The van der Waals surface area contributed by atoms with Crippen molar-refractivity contribution in [3.63, 3.8) is 0 Å². The molecule has 0 saturated carbocycles. The lowest BCUT2D eigenvalue weighted by atomic mass is 9.85. The number of aliphatic hydroxyl groups excluding tert-OH is 2. The van der Waals surface area contributed by atoms with Gasteiger partial charge < -0.3 is 29.2 Å². The smallest absolute Gasteiger partial charge is 0.308 e. The van der Waals surface area contributed by atoms with Gasteiger partial charge in [0.25, 0.3) is 0 Å². The predicted molar refractivity (Wildman–Crippen MR) is 127 cm³/mol. The van der Waals surface area contributed by atoms with Gasteiger partial charge in [-0.1, -0.05) is 39.0 Å². The monoisotopic (exact) mass is 468 g/mol. The van der Waals surface area contributed by atoms with E-state index in [1.54, 1.807) is 14.0 Å². The highest BCUT2D eigenvalue weighted by Gasteiger charge is 2.56. The van der Waals surface area contributed by atoms with Crippen molar-refractivity contribution in [1.29, 1.82) is 0 Å². The van der Waals surface area contributed by atoms with E-state index in [2.05, 4.69) is 26.8 Å². The molecule has 0 aromatic rings. The molecule has 0 radical (unpaired) electrons. The number of ether oxygens (including phenoxy) is 4. The summed E-state index contributed by atoms with van der Waals surface area (Å²) in [6.45, 7) is 12.1. The molecule has 2 fully saturated rings. The number of allylic oxidation sites excluding steroid dienone is 3. The zero-order valence-electron chi connectivity index (χ0n) is 21.5. The maximum Gasteiger partial charge on any atom is 0.308 e. The van der Waals surface area contributed by atoms with Crippen molar-refractivity contribution in [1.82, 2.24) is 0 Å². The number of carbonyl (C=O) groups excluding carboxylic acids is 1. The minimum atomic E-state index is -0.543. The first kappa shape index (κ1) is 28.0. The summed E-state index contributed by atoms with van der Waals surface area (Å²) < 4.78 is 22.4. The Labute approximate surface area is 199 Å². The molecule has 190 valence electrons. The van der Waals surface area contributed by atoms with Gasteiger partial charge in [0, 0.05) is 25.4 Å². The summed E-state index contributed by atoms with van der Waals surface area (Å²) in [4.78, 5) is 11.6. The van der Waals surface area contributed by atoms with Gasteiger partial charge in [0.15, 0.2) is 0 Å². The maximum absolute atomic E-state index is 11.6. The minimum absolute atomic E-state index is 0.0513. The fourth-order valence-corrected chi connectivity index (χ4v) is 5.30. The van der Waals surface area contributed by atoms with E-state index in [4.69, 9.17) is 18.9 Å². The lowest BCUT2D eigenvalue weighted by Crippen LogP contribution is -2.44. The van der Waals surface area contributed by atoms with Crippen LogP contribution in [0.3, 0.4) is 0 Å². The van der Waals surface area contributed by atoms with Gasteiger partial charge in [-0.15, -0.1) is 0 Å². The fourth-order valence-electron chi connectivity index (χ4n) is 5.30. The number of carbonyl (C=O) groups is 1. The van der Waals surface area contributed by atoms with Gasteiger partial charge in [-0.05, 0) is 38.7 Å². The summed E-state index contributed by atoms with van der Waals surface area (Å²) in [5, 5.41) is 20.4. The molecule has 7 nitrogen and oxygen atoms in total. The van der Waals surface area contributed by atoms with Gasteiger partial charge in [0.05, 0.1) is 55.8 Å². The average molecular weight is 469 g/mol. The largest absolute Gasteiger partial charge is 0.469 e. The van der Waals surface area contributed by atoms with Crippen LogP contribution in [0.5, 0.6) is 0 Å². The van der Waals surface area contributed by atoms with E-state index in [0.29, 0.717) is 12.3 Å². The van der Waals surface area contributed by atoms with Gasteiger partial charge in [-0.25, -0.2) is 0 Å². The SMILES string of the molecule is COC(=O)C[C@H]1C[C@@H](O)[C@H](C)[C@@H](/C(C)=C/C=C/C(C)C[C@@]2(C)O[C@@H]2[C@H](C)[C@@H](OC)[C@@H](C)O)O1. The molecule has 0 aliphatic carbocycles. The van der Waals surface area contributed by atoms with Crippen molar-refractivity contribution in [2.45, 2.75) is 103 Å². The number of aliphatic hydroxyl groups is 2. The van der Waals surface area contributed by atoms with Gasteiger partial charge >= 0.3 is 5.97 Å². The highest BCUT2D eigenvalue weighted by molar-refractivity contribution is 5.69. The lowest BCUT2D eigenvalue weighted by Gasteiger charge is -2.38. The molecule has 1 unspecified atom stereocenters. The highest BCUT2D eigenvalue weighted by Crippen LogP contribution is 2.47. The van der Waals surface area contributed by atoms with Crippen LogP contribution in [0.25, 0.3) is 0 Å². The van der Waals surface area contributed by atoms with Crippen molar-refractivity contribution < 1.29 is 34.0 Å². The van der Waals surface area contributed by atoms with Crippen LogP contribution >= 0.6 is 0 Å². The number of methoxy groups -OCH3 is 2. The van der Waals surface area contributed by atoms with E-state index in [9.17, 15) is 15.0 Å². The van der Waals surface area contributed by atoms with E-state index >= 15 is 0 Å². The van der Waals surface area contributed by atoms with Crippen LogP contribution < -0.4 is 0 Å². The summed E-state index contributed by atoms with van der Waals surface area (Å²) >= 11 is 0. The second-order valence-electron chi connectivity index (χ2n) is 10.2. The zero-order valence-corrected chi connectivity index (χ0v) is 21.5. The van der Waals surface area contributed by atoms with Crippen LogP contribution in [-0.4, -0.2) is 72.6 Å². The Morgan fingerprint density at radius 1 is 1.27 bits per heavy atom. The number of hydrogen-bond acceptors (Lipinski definition) is 7. The first-order valence-corrected chi connectivity index (χ1v) is 12.1. The molecule has 0 aromatic heterocycles. The Morgan fingerprint density at radius 2 is 1.94 bits per heavy atom. The zero-order chi connectivity index (χ0) is 24.9. The topological polar surface area (TPSA) is 97.8 Å². The Bertz CT molecular complexity index is 703. The van der Waals surface area contributed by atoms with Crippen molar-refractivity contribution in [2.75, 3.05) is 14.2 Å². The van der Waals surface area contributed by atoms with Crippen LogP contribution in [0.1, 0.15) is 60.8 Å². The molecule has 7 heteroatoms. The fraction of sp³-hybridized carbons (Fsp3) is 0.808. The van der Waals surface area contributed by atoms with Gasteiger partial charge in [-0.3, -0.25) is 4.79 Å². The third-order valence-electron chi connectivity index (χ3n) is 7.21. The molecular weight excluding hydrogens is 424 g/mol. The molecule has 2 saturated heterocycles. The summed E-state index contributed by atoms with van der Waals surface area (Å²) in [6, 6.07) is 0. The van der Waals surface area contributed by atoms with E-state index in [1.807, 2.05) is 26.0 Å². The van der Waals surface area contributed by atoms with Crippen molar-refractivity contribution in [2.24, 2.45) is 17.8 Å². The van der Waals surface area contributed by atoms with Crippen LogP contribution in [0.15, 0.2) is 23.8 Å². The third kappa shape index (κ3) is 7.36. The van der Waals surface area contributed by atoms with Crippen LogP contribution in [0, 0.1) is 17.8 Å². The van der Waals surface area contributed by atoms with Crippen LogP contribution in [0.4, 0.5) is 0 Å². The normalized spacial score (nSPS) is 36.3. The van der Waals surface area contributed by atoms with Gasteiger partial charge in [-0.2, -0.15) is 0 Å². The standard InChI is InChI=1S/C26H44O7/c1-15(14-26(6)25(33-26)18(4)24(31-8)19(5)27)10-9-11-16(2)23-17(3)21(28)12-20(32-23)13-22(29)30-7/h9-11,15,17-21,23-25,27-28H,12-14H2,1-8H3/b10-9+,16-11+/t15?,17-,18+,19+,20+,21+,23+,24+,25+,26+/m0/s1.